The van der Waals surface area contributed by atoms with E-state index >= 15 is 0 Å². The molecular formula is C7H9O. The molecule has 2 bridgehead atoms. The highest BCUT2D eigenvalue weighted by atomic mass is 16.6. The molecule has 3 aliphatic rings. The summed E-state index contributed by atoms with van der Waals surface area (Å²) in [5.74, 6) is 1.86. The standard InChI is InChI=1S/C7H9O/c1-2-5-3-4(1)6-7(5)8-6/h4-6H,1-3H2. The van der Waals surface area contributed by atoms with Crippen molar-refractivity contribution in [2.75, 3.05) is 0 Å². The van der Waals surface area contributed by atoms with Crippen LogP contribution in [-0.2, 0) is 4.74 Å². The van der Waals surface area contributed by atoms with Crippen molar-refractivity contribution in [3.8, 4) is 0 Å². The molecule has 0 amide bonds. The third-order valence-electron chi connectivity index (χ3n) is 2.79. The van der Waals surface area contributed by atoms with Crippen molar-refractivity contribution >= 4 is 0 Å². The van der Waals surface area contributed by atoms with Crippen molar-refractivity contribution < 1.29 is 4.74 Å². The van der Waals surface area contributed by atoms with Gasteiger partial charge in [-0.05, 0) is 31.1 Å². The maximum atomic E-state index is 5.36. The number of epoxide rings is 1. The Bertz CT molecular complexity index is 118. The van der Waals surface area contributed by atoms with Crippen LogP contribution < -0.4 is 0 Å². The van der Waals surface area contributed by atoms with Crippen molar-refractivity contribution in [1.82, 2.24) is 0 Å². The Balaban J connectivity index is 2.02. The first-order valence-corrected chi connectivity index (χ1v) is 3.48. The van der Waals surface area contributed by atoms with Crippen LogP contribution in [0, 0.1) is 17.9 Å². The molecule has 3 atom stereocenters. The van der Waals surface area contributed by atoms with Gasteiger partial charge in [0.1, 0.15) is 6.10 Å². The van der Waals surface area contributed by atoms with Crippen LogP contribution in [-0.4, -0.2) is 6.10 Å². The Labute approximate surface area is 49.0 Å². The van der Waals surface area contributed by atoms with E-state index in [1.54, 1.807) is 0 Å². The number of rotatable bonds is 0. The molecule has 0 aromatic heterocycles. The molecule has 1 heteroatoms. The zero-order valence-electron chi connectivity index (χ0n) is 4.76. The molecule has 0 aromatic carbocycles. The summed E-state index contributed by atoms with van der Waals surface area (Å²) in [7, 11) is 0. The van der Waals surface area contributed by atoms with E-state index < -0.39 is 0 Å². The normalized spacial score (nSPS) is 59.2. The summed E-state index contributed by atoms with van der Waals surface area (Å²) < 4.78 is 5.36. The van der Waals surface area contributed by atoms with Gasteiger partial charge in [-0.15, -0.1) is 0 Å². The fraction of sp³-hybridized carbons (Fsp3) is 0.857. The predicted octanol–water partition coefficient (Wildman–Crippen LogP) is 1.35. The second-order valence-corrected chi connectivity index (χ2v) is 3.21. The van der Waals surface area contributed by atoms with Gasteiger partial charge in [0, 0.05) is 0 Å². The molecule has 3 unspecified atom stereocenters. The molecule has 1 heterocycles. The molecular weight excluding hydrogens is 100 g/mol. The molecule has 1 aliphatic heterocycles. The van der Waals surface area contributed by atoms with Crippen LogP contribution in [0.15, 0.2) is 0 Å². The van der Waals surface area contributed by atoms with Crippen molar-refractivity contribution in [3.63, 3.8) is 0 Å². The molecule has 1 saturated heterocycles. The third-order valence-corrected chi connectivity index (χ3v) is 2.79. The largest absolute Gasteiger partial charge is 0.362 e. The summed E-state index contributed by atoms with van der Waals surface area (Å²) in [6.45, 7) is 0. The summed E-state index contributed by atoms with van der Waals surface area (Å²) in [6, 6.07) is 0. The summed E-state index contributed by atoms with van der Waals surface area (Å²) in [5, 5.41) is 0. The first-order valence-electron chi connectivity index (χ1n) is 3.48. The first-order chi connectivity index (χ1) is 3.95. The first kappa shape index (κ1) is 3.89. The van der Waals surface area contributed by atoms with E-state index in [0.717, 1.165) is 11.8 Å². The van der Waals surface area contributed by atoms with E-state index in [-0.39, 0.29) is 0 Å². The Morgan fingerprint density at radius 2 is 2.38 bits per heavy atom. The molecule has 3 fully saturated rings. The topological polar surface area (TPSA) is 12.5 Å². The van der Waals surface area contributed by atoms with E-state index in [1.165, 1.54) is 25.4 Å². The SMILES string of the molecule is C1CC2CC1[C]1OC12. The van der Waals surface area contributed by atoms with E-state index in [4.69, 9.17) is 4.74 Å². The summed E-state index contributed by atoms with van der Waals surface area (Å²) >= 11 is 0. The lowest BCUT2D eigenvalue weighted by molar-refractivity contribution is 0.296. The van der Waals surface area contributed by atoms with Gasteiger partial charge in [-0.1, -0.05) is 0 Å². The van der Waals surface area contributed by atoms with Gasteiger partial charge in [-0.3, -0.25) is 0 Å². The molecule has 1 radical (unpaired) electrons. The Morgan fingerprint density at radius 3 is 2.88 bits per heavy atom. The monoisotopic (exact) mass is 109 g/mol. The fourth-order valence-corrected chi connectivity index (χ4v) is 2.32. The highest BCUT2D eigenvalue weighted by Gasteiger charge is 2.60. The lowest BCUT2D eigenvalue weighted by Crippen LogP contribution is -1.99. The molecule has 43 valence electrons. The van der Waals surface area contributed by atoms with Crippen molar-refractivity contribution in [2.45, 2.75) is 25.4 Å². The second kappa shape index (κ2) is 0.971. The van der Waals surface area contributed by atoms with Crippen LogP contribution in [0.1, 0.15) is 19.3 Å². The second-order valence-electron chi connectivity index (χ2n) is 3.21. The highest BCUT2D eigenvalue weighted by Crippen LogP contribution is 2.61. The minimum absolute atomic E-state index is 0.661. The van der Waals surface area contributed by atoms with Gasteiger partial charge in [-0.25, -0.2) is 0 Å². The summed E-state index contributed by atoms with van der Waals surface area (Å²) in [6.07, 6.45) is 6.45. The zero-order valence-corrected chi connectivity index (χ0v) is 4.76. The average Bonchev–Trinajstić information content (AvgIpc) is 2.39. The lowest BCUT2D eigenvalue weighted by atomic mass is 10.0. The molecule has 0 aromatic rings. The number of hydrogen-bond acceptors (Lipinski definition) is 1. The van der Waals surface area contributed by atoms with E-state index in [0.29, 0.717) is 6.10 Å². The minimum atomic E-state index is 0.661. The van der Waals surface area contributed by atoms with Crippen LogP contribution in [0.2, 0.25) is 0 Å². The Hall–Kier alpha value is -0.0400. The zero-order chi connectivity index (χ0) is 5.14. The maximum Gasteiger partial charge on any atom is 0.129 e. The third kappa shape index (κ3) is 0.278. The molecule has 0 spiro atoms. The minimum Gasteiger partial charge on any atom is -0.362 e. The van der Waals surface area contributed by atoms with Crippen LogP contribution in [0.4, 0.5) is 0 Å². The van der Waals surface area contributed by atoms with Gasteiger partial charge < -0.3 is 4.74 Å². The molecule has 2 saturated carbocycles. The van der Waals surface area contributed by atoms with Crippen LogP contribution in [0.5, 0.6) is 0 Å². The van der Waals surface area contributed by atoms with E-state index in [9.17, 15) is 0 Å². The Kier molecular flexibility index (Phi) is 0.472. The van der Waals surface area contributed by atoms with Crippen molar-refractivity contribution in [2.24, 2.45) is 11.8 Å². The molecule has 2 aliphatic carbocycles. The fourth-order valence-electron chi connectivity index (χ4n) is 2.32. The lowest BCUT2D eigenvalue weighted by Gasteiger charge is -1.99. The average molecular weight is 109 g/mol. The number of hydrogen-bond donors (Lipinski definition) is 0. The van der Waals surface area contributed by atoms with Crippen LogP contribution in [0.3, 0.4) is 0 Å². The van der Waals surface area contributed by atoms with Gasteiger partial charge in [-0.2, -0.15) is 0 Å². The molecule has 3 rings (SSSR count). The highest BCUT2D eigenvalue weighted by molar-refractivity contribution is 5.20. The number of ether oxygens (including phenoxy) is 1. The summed E-state index contributed by atoms with van der Waals surface area (Å²) in [4.78, 5) is 0. The van der Waals surface area contributed by atoms with Crippen LogP contribution in [0.25, 0.3) is 0 Å². The number of fused-ring (bicyclic) bond motifs is 5. The Morgan fingerprint density at radius 1 is 1.38 bits per heavy atom. The van der Waals surface area contributed by atoms with Crippen molar-refractivity contribution in [3.05, 3.63) is 6.10 Å². The molecule has 1 nitrogen and oxygen atoms in total. The van der Waals surface area contributed by atoms with Gasteiger partial charge in [0.15, 0.2) is 0 Å². The van der Waals surface area contributed by atoms with Crippen molar-refractivity contribution in [1.29, 1.82) is 0 Å². The van der Waals surface area contributed by atoms with Crippen LogP contribution >= 0.6 is 0 Å². The van der Waals surface area contributed by atoms with Gasteiger partial charge >= 0.3 is 0 Å². The quantitative estimate of drug-likeness (QED) is 0.428. The summed E-state index contributed by atoms with van der Waals surface area (Å²) in [5.41, 5.74) is 0. The van der Waals surface area contributed by atoms with Gasteiger partial charge in [0.05, 0.1) is 6.10 Å². The van der Waals surface area contributed by atoms with E-state index in [1.807, 2.05) is 0 Å². The molecule has 0 N–H and O–H groups in total. The van der Waals surface area contributed by atoms with Gasteiger partial charge in [0.2, 0.25) is 0 Å². The predicted molar refractivity (Wildman–Crippen MR) is 28.9 cm³/mol. The maximum absolute atomic E-state index is 5.36. The van der Waals surface area contributed by atoms with E-state index in [2.05, 4.69) is 0 Å². The van der Waals surface area contributed by atoms with Gasteiger partial charge in [0.25, 0.3) is 0 Å². The smallest absolute Gasteiger partial charge is 0.129 e. The molecule has 8 heavy (non-hydrogen) atoms.